The number of carboxylic acids is 1. The molecule has 1 fully saturated rings. The summed E-state index contributed by atoms with van der Waals surface area (Å²) in [5.41, 5.74) is -0.572. The Labute approximate surface area is 173 Å². The summed E-state index contributed by atoms with van der Waals surface area (Å²) in [6, 6.07) is 1.57. The van der Waals surface area contributed by atoms with Crippen LogP contribution in [0.25, 0.3) is 0 Å². The number of halogens is 3. The molecule has 30 heavy (non-hydrogen) atoms. The average Bonchev–Trinajstić information content (AvgIpc) is 3.21. The van der Waals surface area contributed by atoms with E-state index in [0.717, 1.165) is 31.4 Å². The first-order chi connectivity index (χ1) is 13.9. The van der Waals surface area contributed by atoms with Crippen molar-refractivity contribution < 1.29 is 37.4 Å². The second-order valence-corrected chi connectivity index (χ2v) is 8.24. The summed E-state index contributed by atoms with van der Waals surface area (Å²) < 4.78 is 42.6. The van der Waals surface area contributed by atoms with Gasteiger partial charge in [0.25, 0.3) is 0 Å². The van der Waals surface area contributed by atoms with Gasteiger partial charge in [0.15, 0.2) is 0 Å². The maximum Gasteiger partial charge on any atom is 0.449 e. The molecule has 0 bridgehead atoms. The molecule has 0 spiro atoms. The fourth-order valence-corrected chi connectivity index (χ4v) is 3.60. The van der Waals surface area contributed by atoms with E-state index in [1.165, 1.54) is 6.08 Å². The Hall–Kier alpha value is -2.29. The number of aliphatic hydroxyl groups is 1. The van der Waals surface area contributed by atoms with Gasteiger partial charge < -0.3 is 19.5 Å². The van der Waals surface area contributed by atoms with Crippen LogP contribution in [-0.2, 0) is 15.8 Å². The molecule has 2 unspecified atom stereocenters. The lowest BCUT2D eigenvalue weighted by Gasteiger charge is -2.23. The van der Waals surface area contributed by atoms with Gasteiger partial charge in [-0.15, -0.1) is 0 Å². The van der Waals surface area contributed by atoms with E-state index in [4.69, 9.17) is 5.11 Å². The minimum atomic E-state index is -4.62. The Morgan fingerprint density at radius 2 is 1.97 bits per heavy atom. The molecule has 1 saturated heterocycles. The zero-order valence-corrected chi connectivity index (χ0v) is 17.1. The van der Waals surface area contributed by atoms with Gasteiger partial charge in [-0.2, -0.15) is 13.2 Å². The van der Waals surface area contributed by atoms with Gasteiger partial charge in [0.1, 0.15) is 11.9 Å². The summed E-state index contributed by atoms with van der Waals surface area (Å²) in [5, 5.41) is 18.8. The molecule has 0 aliphatic carbocycles. The van der Waals surface area contributed by atoms with Gasteiger partial charge in [0.2, 0.25) is 11.7 Å². The van der Waals surface area contributed by atoms with E-state index in [9.17, 15) is 27.9 Å². The Balaban J connectivity index is 1.96. The number of amides is 1. The molecule has 1 aliphatic rings. The maximum atomic E-state index is 12.7. The molecular formula is C21H28F3NO5. The lowest BCUT2D eigenvalue weighted by molar-refractivity contribution is -0.153. The molecule has 2 atom stereocenters. The van der Waals surface area contributed by atoms with Crippen LogP contribution in [0.3, 0.4) is 0 Å². The predicted octanol–water partition coefficient (Wildman–Crippen LogP) is 4.55. The fraction of sp³-hybridized carbons (Fsp3) is 0.619. The molecule has 0 saturated carbocycles. The Kier molecular flexibility index (Phi) is 7.74. The third-order valence-corrected chi connectivity index (χ3v) is 5.21. The van der Waals surface area contributed by atoms with Crippen molar-refractivity contribution in [2.24, 2.45) is 5.41 Å². The number of unbranched alkanes of at least 4 members (excludes halogenated alkanes) is 3. The van der Waals surface area contributed by atoms with Crippen molar-refractivity contribution >= 4 is 11.9 Å². The average molecular weight is 431 g/mol. The number of aliphatic carboxylic acids is 1. The van der Waals surface area contributed by atoms with Crippen molar-refractivity contribution in [2.75, 3.05) is 6.54 Å². The van der Waals surface area contributed by atoms with Gasteiger partial charge in [-0.05, 0) is 31.4 Å². The number of hydrogen-bond acceptors (Lipinski definition) is 4. The van der Waals surface area contributed by atoms with E-state index in [-0.39, 0.29) is 24.1 Å². The van der Waals surface area contributed by atoms with E-state index in [0.29, 0.717) is 19.4 Å². The molecule has 1 aromatic rings. The standard InChI is InChI=1S/C21H28F3NO5/c1-20(2)13-14(25(19(20)29)12-6-4-3-5-7-18(27)28)8-9-15(26)16-10-11-17(30-16)21(22,23)24/h8-11,14-15,26H,3-7,12-13H2,1-2H3,(H,27,28)/b9-8+. The van der Waals surface area contributed by atoms with Crippen molar-refractivity contribution in [2.45, 2.75) is 70.7 Å². The third kappa shape index (κ3) is 6.35. The first kappa shape index (κ1) is 24.0. The number of furan rings is 1. The molecule has 0 radical (unpaired) electrons. The number of rotatable bonds is 10. The van der Waals surface area contributed by atoms with Crippen molar-refractivity contribution in [3.05, 3.63) is 35.8 Å². The number of aliphatic hydroxyl groups excluding tert-OH is 1. The second kappa shape index (κ2) is 9.68. The van der Waals surface area contributed by atoms with Gasteiger partial charge in [0.05, 0.1) is 6.04 Å². The molecule has 1 aliphatic heterocycles. The highest BCUT2D eigenvalue weighted by Crippen LogP contribution is 2.37. The highest BCUT2D eigenvalue weighted by molar-refractivity contribution is 5.85. The summed E-state index contributed by atoms with van der Waals surface area (Å²) >= 11 is 0. The molecule has 2 N–H and O–H groups in total. The molecule has 2 rings (SSSR count). The number of carbonyl (C=O) groups is 2. The molecule has 0 aromatic carbocycles. The molecule has 1 aromatic heterocycles. The number of carbonyl (C=O) groups excluding carboxylic acids is 1. The molecule has 2 heterocycles. The van der Waals surface area contributed by atoms with E-state index in [1.54, 1.807) is 11.0 Å². The Morgan fingerprint density at radius 1 is 1.30 bits per heavy atom. The first-order valence-corrected chi connectivity index (χ1v) is 9.98. The number of likely N-dealkylation sites (tertiary alicyclic amines) is 1. The van der Waals surface area contributed by atoms with Gasteiger partial charge in [-0.3, -0.25) is 9.59 Å². The van der Waals surface area contributed by atoms with Crippen LogP contribution in [0.1, 0.15) is 70.0 Å². The highest BCUT2D eigenvalue weighted by Gasteiger charge is 2.43. The second-order valence-electron chi connectivity index (χ2n) is 8.24. The number of hydrogen-bond donors (Lipinski definition) is 2. The van der Waals surface area contributed by atoms with Gasteiger partial charge >= 0.3 is 12.1 Å². The first-order valence-electron chi connectivity index (χ1n) is 9.98. The minimum absolute atomic E-state index is 0.0190. The zero-order valence-electron chi connectivity index (χ0n) is 17.1. The van der Waals surface area contributed by atoms with E-state index >= 15 is 0 Å². The van der Waals surface area contributed by atoms with Gasteiger partial charge in [-0.1, -0.05) is 38.8 Å². The van der Waals surface area contributed by atoms with Crippen LogP contribution in [0.4, 0.5) is 13.2 Å². The van der Waals surface area contributed by atoms with E-state index in [2.05, 4.69) is 4.42 Å². The third-order valence-electron chi connectivity index (χ3n) is 5.21. The molecule has 6 nitrogen and oxygen atoms in total. The predicted molar refractivity (Wildman–Crippen MR) is 102 cm³/mol. The summed E-state index contributed by atoms with van der Waals surface area (Å²) in [5.74, 6) is -2.23. The molecule has 9 heteroatoms. The summed E-state index contributed by atoms with van der Waals surface area (Å²) in [7, 11) is 0. The number of nitrogens with zero attached hydrogens (tertiary/aromatic N) is 1. The molecule has 1 amide bonds. The van der Waals surface area contributed by atoms with Crippen LogP contribution in [0.15, 0.2) is 28.7 Å². The van der Waals surface area contributed by atoms with Crippen molar-refractivity contribution in [3.63, 3.8) is 0 Å². The summed E-state index contributed by atoms with van der Waals surface area (Å²) in [4.78, 5) is 24.9. The molecule has 168 valence electrons. The lowest BCUT2D eigenvalue weighted by atomic mass is 9.90. The quantitative estimate of drug-likeness (QED) is 0.419. The van der Waals surface area contributed by atoms with Crippen LogP contribution in [-0.4, -0.2) is 39.6 Å². The monoisotopic (exact) mass is 431 g/mol. The van der Waals surface area contributed by atoms with Crippen LogP contribution in [0.5, 0.6) is 0 Å². The lowest BCUT2D eigenvalue weighted by Crippen LogP contribution is -2.35. The van der Waals surface area contributed by atoms with Crippen LogP contribution >= 0.6 is 0 Å². The summed E-state index contributed by atoms with van der Waals surface area (Å²) in [6.07, 6.45) is 0.537. The summed E-state index contributed by atoms with van der Waals surface area (Å²) in [6.45, 7) is 4.17. The van der Waals surface area contributed by atoms with Crippen LogP contribution in [0, 0.1) is 5.41 Å². The fourth-order valence-electron chi connectivity index (χ4n) is 3.60. The molecular weight excluding hydrogens is 403 g/mol. The number of carboxylic acid groups (broad SMARTS) is 1. The van der Waals surface area contributed by atoms with E-state index in [1.807, 2.05) is 13.8 Å². The van der Waals surface area contributed by atoms with Crippen molar-refractivity contribution in [3.8, 4) is 0 Å². The smallest absolute Gasteiger partial charge is 0.449 e. The van der Waals surface area contributed by atoms with Gasteiger partial charge in [0, 0.05) is 18.4 Å². The van der Waals surface area contributed by atoms with E-state index < -0.39 is 29.4 Å². The topological polar surface area (TPSA) is 91.0 Å². The SMILES string of the molecule is CC1(C)CC(/C=C/C(O)c2ccc(C(F)(F)F)o2)N(CCCCCCC(=O)O)C1=O. The zero-order chi connectivity index (χ0) is 22.5. The normalized spacial score (nSPS) is 20.3. The Bertz CT molecular complexity index is 769. The van der Waals surface area contributed by atoms with Crippen LogP contribution < -0.4 is 0 Å². The largest absolute Gasteiger partial charge is 0.481 e. The van der Waals surface area contributed by atoms with Crippen molar-refractivity contribution in [1.29, 1.82) is 0 Å². The van der Waals surface area contributed by atoms with Gasteiger partial charge in [-0.25, -0.2) is 0 Å². The highest BCUT2D eigenvalue weighted by atomic mass is 19.4. The van der Waals surface area contributed by atoms with Crippen LogP contribution in [0.2, 0.25) is 0 Å². The Morgan fingerprint density at radius 3 is 2.57 bits per heavy atom. The number of alkyl halides is 3. The minimum Gasteiger partial charge on any atom is -0.481 e. The maximum absolute atomic E-state index is 12.7. The van der Waals surface area contributed by atoms with Crippen molar-refractivity contribution in [1.82, 2.24) is 4.90 Å².